The van der Waals surface area contributed by atoms with E-state index in [1.54, 1.807) is 44.0 Å². The summed E-state index contributed by atoms with van der Waals surface area (Å²) in [5.74, 6) is 0.170. The van der Waals surface area contributed by atoms with Gasteiger partial charge in [-0.3, -0.25) is 10.1 Å². The smallest absolute Gasteiger partial charge is 0.413 e. The van der Waals surface area contributed by atoms with Crippen LogP contribution in [-0.4, -0.2) is 46.7 Å². The van der Waals surface area contributed by atoms with E-state index in [1.165, 1.54) is 0 Å². The lowest BCUT2D eigenvalue weighted by atomic mass is 9.96. The molecule has 1 aromatic carbocycles. The molecular weight excluding hydrogens is 436 g/mol. The number of ether oxygens (including phenoxy) is 2. The van der Waals surface area contributed by atoms with E-state index in [-0.39, 0.29) is 24.5 Å². The van der Waals surface area contributed by atoms with E-state index in [0.29, 0.717) is 38.3 Å². The van der Waals surface area contributed by atoms with Crippen molar-refractivity contribution >= 4 is 23.9 Å². The molecule has 9 nitrogen and oxygen atoms in total. The molecule has 1 aromatic heterocycles. The van der Waals surface area contributed by atoms with Gasteiger partial charge in [0.25, 0.3) is 0 Å². The van der Waals surface area contributed by atoms with Gasteiger partial charge in [0.2, 0.25) is 5.91 Å². The maximum absolute atomic E-state index is 12.6. The van der Waals surface area contributed by atoms with Gasteiger partial charge < -0.3 is 19.7 Å². The van der Waals surface area contributed by atoms with Gasteiger partial charge in [0.05, 0.1) is 0 Å². The largest absolute Gasteiger partial charge is 0.445 e. The number of hydrogen-bond acceptors (Lipinski definition) is 6. The van der Waals surface area contributed by atoms with Crippen molar-refractivity contribution in [1.82, 2.24) is 15.2 Å². The average Bonchev–Trinajstić information content (AvgIpc) is 2.81. The Hall–Kier alpha value is -3.62. The molecule has 3 rings (SSSR count). The first-order valence-corrected chi connectivity index (χ1v) is 11.4. The van der Waals surface area contributed by atoms with E-state index in [9.17, 15) is 14.4 Å². The molecule has 0 saturated carbocycles. The SMILES string of the molecule is CC(C)(C)OC(=O)Nc1ccc(CNC(=O)C2CCN(C(=O)OCc3ccccc3)CC2)cn1. The molecule has 3 amide bonds. The topological polar surface area (TPSA) is 110 Å². The van der Waals surface area contributed by atoms with Crippen LogP contribution in [0.3, 0.4) is 0 Å². The molecule has 34 heavy (non-hydrogen) atoms. The van der Waals surface area contributed by atoms with Gasteiger partial charge in [-0.2, -0.15) is 0 Å². The first-order chi connectivity index (χ1) is 16.2. The molecule has 1 aliphatic rings. The van der Waals surface area contributed by atoms with Crippen molar-refractivity contribution in [1.29, 1.82) is 0 Å². The lowest BCUT2D eigenvalue weighted by molar-refractivity contribution is -0.126. The van der Waals surface area contributed by atoms with Crippen LogP contribution in [0, 0.1) is 5.92 Å². The summed E-state index contributed by atoms with van der Waals surface area (Å²) in [6, 6.07) is 13.0. The molecule has 2 heterocycles. The third-order valence-electron chi connectivity index (χ3n) is 5.25. The quantitative estimate of drug-likeness (QED) is 0.661. The number of anilines is 1. The third kappa shape index (κ3) is 8.06. The van der Waals surface area contributed by atoms with E-state index < -0.39 is 11.7 Å². The number of hydrogen-bond donors (Lipinski definition) is 2. The van der Waals surface area contributed by atoms with Gasteiger partial charge >= 0.3 is 12.2 Å². The maximum Gasteiger partial charge on any atom is 0.413 e. The van der Waals surface area contributed by atoms with Crippen LogP contribution in [0.1, 0.15) is 44.7 Å². The zero-order valence-electron chi connectivity index (χ0n) is 19.9. The Balaban J connectivity index is 1.37. The van der Waals surface area contributed by atoms with Crippen molar-refractivity contribution < 1.29 is 23.9 Å². The first kappa shape index (κ1) is 25.0. The molecule has 0 spiro atoms. The molecule has 0 unspecified atom stereocenters. The summed E-state index contributed by atoms with van der Waals surface area (Å²) in [6.45, 7) is 6.89. The number of aromatic nitrogens is 1. The number of nitrogens with one attached hydrogen (secondary N) is 2. The van der Waals surface area contributed by atoms with Gasteiger partial charge in [0, 0.05) is 31.7 Å². The van der Waals surface area contributed by atoms with Gasteiger partial charge in [-0.1, -0.05) is 36.4 Å². The molecule has 1 fully saturated rings. The molecule has 0 aliphatic carbocycles. The zero-order chi connectivity index (χ0) is 24.6. The second-order valence-corrected chi connectivity index (χ2v) is 9.20. The van der Waals surface area contributed by atoms with E-state index in [1.807, 2.05) is 30.3 Å². The van der Waals surface area contributed by atoms with Gasteiger partial charge in [-0.05, 0) is 50.8 Å². The number of carbonyl (C=O) groups excluding carboxylic acids is 3. The number of likely N-dealkylation sites (tertiary alicyclic amines) is 1. The van der Waals surface area contributed by atoms with Gasteiger partial charge in [0.15, 0.2) is 0 Å². The van der Waals surface area contributed by atoms with Crippen molar-refractivity contribution in [2.75, 3.05) is 18.4 Å². The molecule has 1 aliphatic heterocycles. The summed E-state index contributed by atoms with van der Waals surface area (Å²) < 4.78 is 10.6. The van der Waals surface area contributed by atoms with Crippen LogP contribution in [0.2, 0.25) is 0 Å². The van der Waals surface area contributed by atoms with Crippen molar-refractivity contribution in [3.63, 3.8) is 0 Å². The summed E-state index contributed by atoms with van der Waals surface area (Å²) in [6.07, 6.45) is 1.84. The Morgan fingerprint density at radius 3 is 2.35 bits per heavy atom. The normalized spacial score (nSPS) is 14.3. The predicted octanol–water partition coefficient (Wildman–Crippen LogP) is 4.09. The van der Waals surface area contributed by atoms with E-state index in [4.69, 9.17) is 9.47 Å². The fourth-order valence-corrected chi connectivity index (χ4v) is 3.48. The molecule has 2 N–H and O–H groups in total. The van der Waals surface area contributed by atoms with Crippen LogP contribution in [0.5, 0.6) is 0 Å². The minimum absolute atomic E-state index is 0.0479. The summed E-state index contributed by atoms with van der Waals surface area (Å²) >= 11 is 0. The molecule has 1 saturated heterocycles. The number of nitrogens with zero attached hydrogens (tertiary/aromatic N) is 2. The number of piperidine rings is 1. The fourth-order valence-electron chi connectivity index (χ4n) is 3.48. The maximum atomic E-state index is 12.6. The Labute approximate surface area is 199 Å². The van der Waals surface area contributed by atoms with Crippen LogP contribution in [-0.2, 0) is 27.4 Å². The number of benzene rings is 1. The summed E-state index contributed by atoms with van der Waals surface area (Å²) in [5, 5.41) is 5.50. The molecule has 2 aromatic rings. The van der Waals surface area contributed by atoms with Crippen molar-refractivity contribution in [2.24, 2.45) is 5.92 Å². The van der Waals surface area contributed by atoms with E-state index >= 15 is 0 Å². The number of carbonyl (C=O) groups is 3. The lowest BCUT2D eigenvalue weighted by Crippen LogP contribution is -2.43. The third-order valence-corrected chi connectivity index (χ3v) is 5.25. The second-order valence-electron chi connectivity index (χ2n) is 9.20. The summed E-state index contributed by atoms with van der Waals surface area (Å²) in [5.41, 5.74) is 1.16. The molecular formula is C25H32N4O5. The van der Waals surface area contributed by atoms with Crippen molar-refractivity contribution in [2.45, 2.75) is 52.4 Å². The standard InChI is InChI=1S/C25H32N4O5/c1-25(2,3)34-23(31)28-21-10-9-19(15-26-21)16-27-22(30)20-11-13-29(14-12-20)24(32)33-17-18-7-5-4-6-8-18/h4-10,15,20H,11-14,16-17H2,1-3H3,(H,27,30)(H,26,28,31). The van der Waals surface area contributed by atoms with Crippen LogP contribution < -0.4 is 10.6 Å². The predicted molar refractivity (Wildman–Crippen MR) is 127 cm³/mol. The van der Waals surface area contributed by atoms with Crippen LogP contribution in [0.15, 0.2) is 48.7 Å². The monoisotopic (exact) mass is 468 g/mol. The second kappa shape index (κ2) is 11.5. The van der Waals surface area contributed by atoms with Crippen molar-refractivity contribution in [3.05, 3.63) is 59.8 Å². The van der Waals surface area contributed by atoms with Gasteiger partial charge in [-0.15, -0.1) is 0 Å². The number of pyridine rings is 1. The average molecular weight is 469 g/mol. The Morgan fingerprint density at radius 2 is 1.74 bits per heavy atom. The van der Waals surface area contributed by atoms with Crippen LogP contribution in [0.25, 0.3) is 0 Å². The molecule has 182 valence electrons. The summed E-state index contributed by atoms with van der Waals surface area (Å²) in [4.78, 5) is 42.5. The number of rotatable bonds is 6. The fraction of sp³-hybridized carbons (Fsp3) is 0.440. The lowest BCUT2D eigenvalue weighted by Gasteiger charge is -2.30. The molecule has 0 bridgehead atoms. The van der Waals surface area contributed by atoms with E-state index in [2.05, 4.69) is 15.6 Å². The van der Waals surface area contributed by atoms with Gasteiger partial charge in [0.1, 0.15) is 18.0 Å². The highest BCUT2D eigenvalue weighted by Gasteiger charge is 2.28. The highest BCUT2D eigenvalue weighted by Crippen LogP contribution is 2.19. The molecule has 9 heteroatoms. The van der Waals surface area contributed by atoms with Crippen molar-refractivity contribution in [3.8, 4) is 0 Å². The highest BCUT2D eigenvalue weighted by molar-refractivity contribution is 5.83. The minimum atomic E-state index is -0.590. The Bertz CT molecular complexity index is 965. The minimum Gasteiger partial charge on any atom is -0.445 e. The Morgan fingerprint density at radius 1 is 1.03 bits per heavy atom. The van der Waals surface area contributed by atoms with Crippen LogP contribution >= 0.6 is 0 Å². The highest BCUT2D eigenvalue weighted by atomic mass is 16.6. The first-order valence-electron chi connectivity index (χ1n) is 11.4. The van der Waals surface area contributed by atoms with Crippen LogP contribution in [0.4, 0.5) is 15.4 Å². The Kier molecular flexibility index (Phi) is 8.45. The number of amides is 3. The molecule has 0 atom stereocenters. The molecule has 0 radical (unpaired) electrons. The van der Waals surface area contributed by atoms with E-state index in [0.717, 1.165) is 11.1 Å². The van der Waals surface area contributed by atoms with Gasteiger partial charge in [-0.25, -0.2) is 14.6 Å². The zero-order valence-corrected chi connectivity index (χ0v) is 19.9. The summed E-state index contributed by atoms with van der Waals surface area (Å²) in [7, 11) is 0.